The lowest BCUT2D eigenvalue weighted by molar-refractivity contribution is -0.131. The second kappa shape index (κ2) is 9.99. The Bertz CT molecular complexity index is 715. The molecule has 26 heavy (non-hydrogen) atoms. The van der Waals surface area contributed by atoms with E-state index < -0.39 is 0 Å². The van der Waals surface area contributed by atoms with Crippen LogP contribution >= 0.6 is 11.6 Å². The average Bonchev–Trinajstić information content (AvgIpc) is 2.62. The van der Waals surface area contributed by atoms with Crippen LogP contribution in [0.15, 0.2) is 35.9 Å². The van der Waals surface area contributed by atoms with Crippen LogP contribution in [0.1, 0.15) is 12.0 Å². The minimum atomic E-state index is -0.255. The summed E-state index contributed by atoms with van der Waals surface area (Å²) in [6.45, 7) is 1.49. The second-order valence-electron chi connectivity index (χ2n) is 5.91. The number of ether oxygens (including phenoxy) is 2. The molecular weight excluding hydrogens is 356 g/mol. The van der Waals surface area contributed by atoms with Crippen LogP contribution in [0.5, 0.6) is 5.75 Å². The Hall–Kier alpha value is -2.31. The molecule has 0 bridgehead atoms. The Balaban J connectivity index is 1.85. The van der Waals surface area contributed by atoms with Crippen molar-refractivity contribution in [3.63, 3.8) is 0 Å². The topological polar surface area (TPSA) is 67.9 Å². The van der Waals surface area contributed by atoms with Crippen LogP contribution in [0.25, 0.3) is 6.08 Å². The Morgan fingerprint density at radius 3 is 3.00 bits per heavy atom. The van der Waals surface area contributed by atoms with E-state index in [-0.39, 0.29) is 18.4 Å². The van der Waals surface area contributed by atoms with Gasteiger partial charge >= 0.3 is 0 Å². The molecule has 140 valence electrons. The maximum atomic E-state index is 12.1. The third kappa shape index (κ3) is 6.20. The molecule has 7 heteroatoms. The predicted molar refractivity (Wildman–Crippen MR) is 101 cm³/mol. The van der Waals surface area contributed by atoms with E-state index in [0.717, 1.165) is 23.3 Å². The van der Waals surface area contributed by atoms with Crippen molar-refractivity contribution in [1.29, 1.82) is 0 Å². The highest BCUT2D eigenvalue weighted by Crippen LogP contribution is 2.29. The Morgan fingerprint density at radius 2 is 2.23 bits per heavy atom. The molecule has 1 N–H and O–H groups in total. The molecule has 0 aromatic heterocycles. The first kappa shape index (κ1) is 20.0. The van der Waals surface area contributed by atoms with E-state index in [9.17, 15) is 9.59 Å². The van der Waals surface area contributed by atoms with Gasteiger partial charge in [-0.2, -0.15) is 0 Å². The van der Waals surface area contributed by atoms with Crippen molar-refractivity contribution in [1.82, 2.24) is 10.2 Å². The van der Waals surface area contributed by atoms with Gasteiger partial charge in [-0.1, -0.05) is 17.7 Å². The maximum absolute atomic E-state index is 12.1. The van der Waals surface area contributed by atoms with Crippen LogP contribution in [0.2, 0.25) is 5.02 Å². The highest BCUT2D eigenvalue weighted by atomic mass is 35.5. The molecule has 1 aliphatic rings. The quantitative estimate of drug-likeness (QED) is 0.556. The number of halogens is 1. The number of methoxy groups -OCH3 is 1. The molecule has 2 rings (SSSR count). The van der Waals surface area contributed by atoms with Gasteiger partial charge < -0.3 is 19.7 Å². The lowest BCUT2D eigenvalue weighted by atomic mass is 10.1. The highest BCUT2D eigenvalue weighted by Gasteiger charge is 2.12. The van der Waals surface area contributed by atoms with Gasteiger partial charge in [0.1, 0.15) is 12.4 Å². The summed E-state index contributed by atoms with van der Waals surface area (Å²) in [4.78, 5) is 25.3. The van der Waals surface area contributed by atoms with Crippen LogP contribution in [0, 0.1) is 0 Å². The number of amides is 2. The van der Waals surface area contributed by atoms with Gasteiger partial charge in [0.25, 0.3) is 0 Å². The Morgan fingerprint density at radius 1 is 1.42 bits per heavy atom. The minimum absolute atomic E-state index is 0.00411. The van der Waals surface area contributed by atoms with Gasteiger partial charge in [-0.3, -0.25) is 9.59 Å². The number of likely N-dealkylation sites (N-methyl/N-ethyl adjacent to an activating group) is 1. The molecule has 0 radical (unpaired) electrons. The first-order valence-electron chi connectivity index (χ1n) is 8.31. The third-order valence-corrected chi connectivity index (χ3v) is 3.99. The van der Waals surface area contributed by atoms with Crippen molar-refractivity contribution in [2.24, 2.45) is 0 Å². The van der Waals surface area contributed by atoms with Gasteiger partial charge in [0.05, 0.1) is 6.54 Å². The fraction of sp³-hybridized carbons (Fsp3) is 0.368. The molecule has 0 saturated heterocycles. The summed E-state index contributed by atoms with van der Waals surface area (Å²) in [5, 5.41) is 3.37. The average molecular weight is 379 g/mol. The first-order valence-corrected chi connectivity index (χ1v) is 8.69. The van der Waals surface area contributed by atoms with Gasteiger partial charge in [0.2, 0.25) is 11.8 Å². The molecule has 2 amide bonds. The zero-order valence-corrected chi connectivity index (χ0v) is 15.7. The molecule has 0 aliphatic carbocycles. The van der Waals surface area contributed by atoms with E-state index in [4.69, 9.17) is 21.1 Å². The fourth-order valence-corrected chi connectivity index (χ4v) is 2.54. The largest absolute Gasteiger partial charge is 0.488 e. The standard InChI is InChI=1S/C19H23ClN2O4/c1-22(12-18(23)21-8-3-9-25-2)19(24)7-4-14-10-15-11-16(20)5-6-17(15)26-13-14/h4-7,10-11H,3,8-9,12-13H2,1-2H3,(H,21,23)/b7-4+. The van der Waals surface area contributed by atoms with E-state index in [0.29, 0.717) is 24.8 Å². The predicted octanol–water partition coefficient (Wildman–Crippen LogP) is 2.28. The van der Waals surface area contributed by atoms with Crippen LogP contribution in [-0.2, 0) is 14.3 Å². The summed E-state index contributed by atoms with van der Waals surface area (Å²) in [6, 6.07) is 5.40. The normalized spacial score (nSPS) is 13.0. The molecule has 1 aromatic carbocycles. The summed E-state index contributed by atoms with van der Waals surface area (Å²) < 4.78 is 10.5. The number of nitrogens with one attached hydrogen (secondary N) is 1. The molecule has 0 saturated carbocycles. The Labute approximate surface area is 158 Å². The highest BCUT2D eigenvalue weighted by molar-refractivity contribution is 6.30. The van der Waals surface area contributed by atoms with Crippen molar-refractivity contribution in [2.45, 2.75) is 6.42 Å². The zero-order valence-electron chi connectivity index (χ0n) is 15.0. The lowest BCUT2D eigenvalue weighted by Crippen LogP contribution is -2.38. The maximum Gasteiger partial charge on any atom is 0.246 e. The monoisotopic (exact) mass is 378 g/mol. The number of nitrogens with zero attached hydrogens (tertiary/aromatic N) is 1. The summed E-state index contributed by atoms with van der Waals surface area (Å²) in [5.74, 6) is 0.309. The molecule has 1 aromatic rings. The smallest absolute Gasteiger partial charge is 0.246 e. The Kier molecular flexibility index (Phi) is 7.69. The molecule has 0 atom stereocenters. The number of fused-ring (bicyclic) bond motifs is 1. The summed E-state index contributed by atoms with van der Waals surface area (Å²) in [5.41, 5.74) is 1.73. The number of benzene rings is 1. The minimum Gasteiger partial charge on any atom is -0.488 e. The van der Waals surface area contributed by atoms with Crippen LogP contribution in [-0.4, -0.2) is 57.2 Å². The van der Waals surface area contributed by atoms with E-state index in [2.05, 4.69) is 5.32 Å². The van der Waals surface area contributed by atoms with E-state index in [1.807, 2.05) is 18.2 Å². The van der Waals surface area contributed by atoms with Gasteiger partial charge in [0.15, 0.2) is 0 Å². The number of carbonyl (C=O) groups is 2. The number of rotatable bonds is 8. The van der Waals surface area contributed by atoms with E-state index in [1.165, 1.54) is 11.0 Å². The first-order chi connectivity index (χ1) is 12.5. The van der Waals surface area contributed by atoms with E-state index in [1.54, 1.807) is 26.3 Å². The van der Waals surface area contributed by atoms with Crippen LogP contribution in [0.3, 0.4) is 0 Å². The van der Waals surface area contributed by atoms with E-state index >= 15 is 0 Å². The van der Waals surface area contributed by atoms with Gasteiger partial charge in [0, 0.05) is 44.0 Å². The van der Waals surface area contributed by atoms with Crippen LogP contribution in [0.4, 0.5) is 0 Å². The van der Waals surface area contributed by atoms with Gasteiger partial charge in [-0.05, 0) is 36.3 Å². The number of hydrogen-bond donors (Lipinski definition) is 1. The van der Waals surface area contributed by atoms with Crippen molar-refractivity contribution in [3.8, 4) is 5.75 Å². The number of hydrogen-bond acceptors (Lipinski definition) is 4. The van der Waals surface area contributed by atoms with Crippen LogP contribution < -0.4 is 10.1 Å². The molecule has 6 nitrogen and oxygen atoms in total. The van der Waals surface area contributed by atoms with Crippen molar-refractivity contribution in [3.05, 3.63) is 46.5 Å². The summed E-state index contributed by atoms with van der Waals surface area (Å²) in [6.07, 6.45) is 5.79. The molecule has 1 aliphatic heterocycles. The summed E-state index contributed by atoms with van der Waals surface area (Å²) >= 11 is 5.99. The van der Waals surface area contributed by atoms with Crippen molar-refractivity contribution in [2.75, 3.05) is 40.5 Å². The lowest BCUT2D eigenvalue weighted by Gasteiger charge is -2.17. The SMILES string of the molecule is COCCCNC(=O)CN(C)C(=O)/C=C/C1=Cc2cc(Cl)ccc2OC1. The van der Waals surface area contributed by atoms with Gasteiger partial charge in [-0.15, -0.1) is 0 Å². The molecule has 0 fully saturated rings. The third-order valence-electron chi connectivity index (χ3n) is 3.75. The molecule has 0 unspecified atom stereocenters. The van der Waals surface area contributed by atoms with Crippen molar-refractivity contribution >= 4 is 29.5 Å². The number of carbonyl (C=O) groups excluding carboxylic acids is 2. The summed E-state index contributed by atoms with van der Waals surface area (Å²) in [7, 11) is 3.20. The molecule has 1 heterocycles. The fourth-order valence-electron chi connectivity index (χ4n) is 2.36. The van der Waals surface area contributed by atoms with Crippen molar-refractivity contribution < 1.29 is 19.1 Å². The zero-order chi connectivity index (χ0) is 18.9. The molecular formula is C19H23ClN2O4. The second-order valence-corrected chi connectivity index (χ2v) is 6.35. The molecule has 0 spiro atoms. The van der Waals surface area contributed by atoms with Gasteiger partial charge in [-0.25, -0.2) is 0 Å².